The molecule has 3 heterocycles. The number of likely N-dealkylation sites (tertiary alicyclic amines) is 1. The minimum atomic E-state index is 0.242. The lowest BCUT2D eigenvalue weighted by molar-refractivity contribution is -0.133. The van der Waals surface area contributed by atoms with E-state index in [0.29, 0.717) is 12.3 Å². The molecular formula is C19H28N6O. The molecule has 0 radical (unpaired) electrons. The van der Waals surface area contributed by atoms with Gasteiger partial charge in [-0.25, -0.2) is 4.98 Å². The normalized spacial score (nSPS) is 17.3. The van der Waals surface area contributed by atoms with Gasteiger partial charge in [-0.1, -0.05) is 0 Å². The summed E-state index contributed by atoms with van der Waals surface area (Å²) in [6.07, 6.45) is 9.79. The van der Waals surface area contributed by atoms with E-state index in [2.05, 4.69) is 20.4 Å². The number of hydrogen-bond donors (Lipinski definition) is 1. The van der Waals surface area contributed by atoms with Gasteiger partial charge in [0.05, 0.1) is 11.4 Å². The number of rotatable bonds is 6. The number of nitrogens with zero attached hydrogens (tertiary/aromatic N) is 5. The average Bonchev–Trinajstić information content (AvgIpc) is 2.97. The summed E-state index contributed by atoms with van der Waals surface area (Å²) in [6.45, 7) is 3.67. The Hall–Kier alpha value is -2.44. The molecule has 7 heteroatoms. The number of piperidine rings is 1. The van der Waals surface area contributed by atoms with Crippen molar-refractivity contribution < 1.29 is 4.79 Å². The van der Waals surface area contributed by atoms with Crippen molar-refractivity contribution in [2.24, 2.45) is 13.0 Å². The van der Waals surface area contributed by atoms with Crippen LogP contribution in [-0.2, 0) is 24.7 Å². The molecule has 26 heavy (non-hydrogen) atoms. The molecule has 0 aromatic carbocycles. The summed E-state index contributed by atoms with van der Waals surface area (Å²) >= 11 is 0. The van der Waals surface area contributed by atoms with Crippen LogP contribution >= 0.6 is 0 Å². The molecule has 7 nitrogen and oxygen atoms in total. The van der Waals surface area contributed by atoms with Crippen LogP contribution in [0, 0.1) is 12.8 Å². The molecule has 140 valence electrons. The summed E-state index contributed by atoms with van der Waals surface area (Å²) in [6, 6.07) is 0. The first-order valence-corrected chi connectivity index (χ1v) is 9.31. The van der Waals surface area contributed by atoms with E-state index < -0.39 is 0 Å². The van der Waals surface area contributed by atoms with Gasteiger partial charge in [0.1, 0.15) is 5.82 Å². The summed E-state index contributed by atoms with van der Waals surface area (Å²) in [5.74, 6) is 1.52. The van der Waals surface area contributed by atoms with Crippen LogP contribution in [-0.4, -0.2) is 50.7 Å². The third-order valence-corrected chi connectivity index (χ3v) is 5.09. The van der Waals surface area contributed by atoms with Crippen molar-refractivity contribution in [3.05, 3.63) is 35.5 Å². The second-order valence-corrected chi connectivity index (χ2v) is 7.07. The fraction of sp³-hybridized carbons (Fsp3) is 0.579. The van der Waals surface area contributed by atoms with Crippen LogP contribution < -0.4 is 5.32 Å². The SMILES string of the molecule is CNc1nccnc1C[C@H]1CCCN(C(=O)CCc2cn(C)nc2C)C1. The minimum Gasteiger partial charge on any atom is -0.372 e. The van der Waals surface area contributed by atoms with Crippen molar-refractivity contribution in [2.45, 2.75) is 39.0 Å². The molecular weight excluding hydrogens is 328 g/mol. The molecule has 1 aliphatic rings. The van der Waals surface area contributed by atoms with Gasteiger partial charge in [-0.3, -0.25) is 14.5 Å². The number of hydrogen-bond acceptors (Lipinski definition) is 5. The highest BCUT2D eigenvalue weighted by Crippen LogP contribution is 2.23. The van der Waals surface area contributed by atoms with Gasteiger partial charge in [-0.05, 0) is 44.1 Å². The first kappa shape index (κ1) is 18.4. The third-order valence-electron chi connectivity index (χ3n) is 5.09. The van der Waals surface area contributed by atoms with E-state index in [0.717, 1.165) is 61.5 Å². The third kappa shape index (κ3) is 4.39. The first-order chi connectivity index (χ1) is 12.6. The van der Waals surface area contributed by atoms with Crippen molar-refractivity contribution >= 4 is 11.7 Å². The average molecular weight is 356 g/mol. The van der Waals surface area contributed by atoms with E-state index >= 15 is 0 Å². The van der Waals surface area contributed by atoms with Crippen molar-refractivity contribution in [2.75, 3.05) is 25.5 Å². The maximum absolute atomic E-state index is 12.7. The molecule has 2 aromatic rings. The van der Waals surface area contributed by atoms with Crippen LogP contribution in [0.25, 0.3) is 0 Å². The predicted octanol–water partition coefficient (Wildman–Crippen LogP) is 1.97. The fourth-order valence-electron chi connectivity index (χ4n) is 3.75. The zero-order valence-corrected chi connectivity index (χ0v) is 15.9. The van der Waals surface area contributed by atoms with E-state index in [9.17, 15) is 4.79 Å². The number of nitrogens with one attached hydrogen (secondary N) is 1. The summed E-state index contributed by atoms with van der Waals surface area (Å²) in [5, 5.41) is 7.45. The number of anilines is 1. The summed E-state index contributed by atoms with van der Waals surface area (Å²) in [4.78, 5) is 23.5. The Morgan fingerprint density at radius 1 is 1.35 bits per heavy atom. The van der Waals surface area contributed by atoms with Gasteiger partial charge in [-0.2, -0.15) is 5.10 Å². The van der Waals surface area contributed by atoms with Crippen LogP contribution in [0.1, 0.15) is 36.2 Å². The Bertz CT molecular complexity index is 756. The molecule has 0 spiro atoms. The van der Waals surface area contributed by atoms with Gasteiger partial charge in [0.15, 0.2) is 0 Å². The van der Waals surface area contributed by atoms with Crippen LogP contribution in [0.15, 0.2) is 18.6 Å². The second kappa shape index (κ2) is 8.29. The zero-order chi connectivity index (χ0) is 18.5. The Kier molecular flexibility index (Phi) is 5.85. The van der Waals surface area contributed by atoms with Gasteiger partial charge in [0.2, 0.25) is 5.91 Å². The van der Waals surface area contributed by atoms with Gasteiger partial charge < -0.3 is 10.2 Å². The second-order valence-electron chi connectivity index (χ2n) is 7.07. The lowest BCUT2D eigenvalue weighted by atomic mass is 9.93. The zero-order valence-electron chi connectivity index (χ0n) is 15.9. The summed E-state index contributed by atoms with van der Waals surface area (Å²) in [5.41, 5.74) is 3.16. The van der Waals surface area contributed by atoms with Crippen molar-refractivity contribution in [1.82, 2.24) is 24.6 Å². The number of aromatic nitrogens is 4. The maximum Gasteiger partial charge on any atom is 0.222 e. The van der Waals surface area contributed by atoms with Crippen molar-refractivity contribution in [3.63, 3.8) is 0 Å². The molecule has 0 unspecified atom stereocenters. The quantitative estimate of drug-likeness (QED) is 0.856. The highest BCUT2D eigenvalue weighted by Gasteiger charge is 2.25. The van der Waals surface area contributed by atoms with Crippen molar-refractivity contribution in [3.8, 4) is 0 Å². The molecule has 0 aliphatic carbocycles. The predicted molar refractivity (Wildman–Crippen MR) is 101 cm³/mol. The van der Waals surface area contributed by atoms with E-state index in [1.807, 2.05) is 36.8 Å². The number of carbonyl (C=O) groups is 1. The molecule has 1 atom stereocenters. The van der Waals surface area contributed by atoms with E-state index in [1.165, 1.54) is 0 Å². The van der Waals surface area contributed by atoms with Crippen LogP contribution in [0.2, 0.25) is 0 Å². The van der Waals surface area contributed by atoms with E-state index in [-0.39, 0.29) is 5.91 Å². The Labute approximate surface area is 154 Å². The van der Waals surface area contributed by atoms with Crippen LogP contribution in [0.5, 0.6) is 0 Å². The highest BCUT2D eigenvalue weighted by atomic mass is 16.2. The largest absolute Gasteiger partial charge is 0.372 e. The lowest BCUT2D eigenvalue weighted by Gasteiger charge is -2.33. The van der Waals surface area contributed by atoms with Gasteiger partial charge in [0.25, 0.3) is 0 Å². The monoisotopic (exact) mass is 356 g/mol. The topological polar surface area (TPSA) is 75.9 Å². The molecule has 1 saturated heterocycles. The molecule has 3 rings (SSSR count). The number of aryl methyl sites for hydroxylation is 3. The maximum atomic E-state index is 12.7. The molecule has 2 aromatic heterocycles. The molecule has 1 N–H and O–H groups in total. The Balaban J connectivity index is 1.55. The first-order valence-electron chi connectivity index (χ1n) is 9.31. The lowest BCUT2D eigenvalue weighted by Crippen LogP contribution is -2.40. The Morgan fingerprint density at radius 3 is 2.88 bits per heavy atom. The van der Waals surface area contributed by atoms with Crippen LogP contribution in [0.4, 0.5) is 5.82 Å². The Morgan fingerprint density at radius 2 is 2.15 bits per heavy atom. The minimum absolute atomic E-state index is 0.242. The van der Waals surface area contributed by atoms with Gasteiger partial charge in [-0.15, -0.1) is 0 Å². The van der Waals surface area contributed by atoms with Gasteiger partial charge >= 0.3 is 0 Å². The van der Waals surface area contributed by atoms with E-state index in [1.54, 1.807) is 12.4 Å². The molecule has 0 saturated carbocycles. The van der Waals surface area contributed by atoms with Crippen LogP contribution in [0.3, 0.4) is 0 Å². The van der Waals surface area contributed by atoms with E-state index in [4.69, 9.17) is 0 Å². The fourth-order valence-corrected chi connectivity index (χ4v) is 3.75. The standard InChI is InChI=1S/C19H28N6O/c1-14-16(13-24(3)23-14)6-7-18(26)25-10-4-5-15(12-25)11-17-19(20-2)22-9-8-21-17/h8-9,13,15H,4-7,10-12H2,1-3H3,(H,20,22)/t15-/m1/s1. The molecule has 0 bridgehead atoms. The molecule has 1 aliphatic heterocycles. The van der Waals surface area contributed by atoms with Crippen molar-refractivity contribution in [1.29, 1.82) is 0 Å². The smallest absolute Gasteiger partial charge is 0.222 e. The molecule has 1 amide bonds. The highest BCUT2D eigenvalue weighted by molar-refractivity contribution is 5.76. The number of amides is 1. The summed E-state index contributed by atoms with van der Waals surface area (Å²) in [7, 11) is 3.78. The summed E-state index contributed by atoms with van der Waals surface area (Å²) < 4.78 is 1.81. The van der Waals surface area contributed by atoms with Gasteiger partial charge in [0, 0.05) is 52.2 Å². The molecule has 1 fully saturated rings. The number of carbonyl (C=O) groups excluding carboxylic acids is 1.